The largest absolute Gasteiger partial charge is 0.478 e. The Morgan fingerprint density at radius 1 is 1.18 bits per heavy atom. The van der Waals surface area contributed by atoms with Crippen LogP contribution in [0.25, 0.3) is 0 Å². The summed E-state index contributed by atoms with van der Waals surface area (Å²) in [4.78, 5) is 34.9. The standard InChI is InChI=1S/C11H18N2O4/c1-5-12-9(14)6-13(4)10(15)7(2)8(3)11(16)17/h5-6H2,1-4H3,(H,12,14)(H,16,17). The van der Waals surface area contributed by atoms with Crippen molar-refractivity contribution in [3.8, 4) is 0 Å². The van der Waals surface area contributed by atoms with E-state index in [4.69, 9.17) is 5.11 Å². The van der Waals surface area contributed by atoms with Gasteiger partial charge in [0.05, 0.1) is 6.54 Å². The molecule has 0 aromatic carbocycles. The van der Waals surface area contributed by atoms with Crippen molar-refractivity contribution in [2.24, 2.45) is 0 Å². The lowest BCUT2D eigenvalue weighted by molar-refractivity contribution is -0.134. The molecule has 0 aromatic rings. The molecule has 0 unspecified atom stereocenters. The molecule has 0 aliphatic carbocycles. The van der Waals surface area contributed by atoms with Gasteiger partial charge in [-0.15, -0.1) is 0 Å². The van der Waals surface area contributed by atoms with Gasteiger partial charge in [0.2, 0.25) is 11.8 Å². The Morgan fingerprint density at radius 3 is 2.12 bits per heavy atom. The zero-order chi connectivity index (χ0) is 13.6. The fourth-order valence-electron chi connectivity index (χ4n) is 1.15. The van der Waals surface area contributed by atoms with Crippen LogP contribution < -0.4 is 5.32 Å². The number of hydrogen-bond donors (Lipinski definition) is 2. The zero-order valence-electron chi connectivity index (χ0n) is 10.5. The minimum atomic E-state index is -1.14. The van der Waals surface area contributed by atoms with E-state index in [1.165, 1.54) is 25.8 Å². The smallest absolute Gasteiger partial charge is 0.331 e. The second-order valence-electron chi connectivity index (χ2n) is 3.67. The molecule has 17 heavy (non-hydrogen) atoms. The lowest BCUT2D eigenvalue weighted by Crippen LogP contribution is -2.38. The highest BCUT2D eigenvalue weighted by molar-refractivity contribution is 6.02. The maximum absolute atomic E-state index is 11.8. The average Bonchev–Trinajstić information content (AvgIpc) is 2.25. The highest BCUT2D eigenvalue weighted by atomic mass is 16.4. The Bertz CT molecular complexity index is 360. The van der Waals surface area contributed by atoms with Crippen molar-refractivity contribution in [3.05, 3.63) is 11.1 Å². The quantitative estimate of drug-likeness (QED) is 0.664. The minimum absolute atomic E-state index is 0.0160. The van der Waals surface area contributed by atoms with Crippen LogP contribution in [0.5, 0.6) is 0 Å². The molecule has 0 aliphatic heterocycles. The van der Waals surface area contributed by atoms with Crippen molar-refractivity contribution in [2.45, 2.75) is 20.8 Å². The van der Waals surface area contributed by atoms with Crippen LogP contribution in [0.4, 0.5) is 0 Å². The summed E-state index contributed by atoms with van der Waals surface area (Å²) in [5.74, 6) is -1.87. The molecule has 2 N–H and O–H groups in total. The Balaban J connectivity index is 4.67. The summed E-state index contributed by atoms with van der Waals surface area (Å²) in [6.07, 6.45) is 0. The molecular weight excluding hydrogens is 224 g/mol. The molecule has 2 amide bonds. The summed E-state index contributed by atoms with van der Waals surface area (Å²) in [7, 11) is 1.45. The highest BCUT2D eigenvalue weighted by Gasteiger charge is 2.18. The Kier molecular flexibility index (Phi) is 5.95. The number of likely N-dealkylation sites (N-methyl/N-ethyl adjacent to an activating group) is 2. The van der Waals surface area contributed by atoms with Crippen molar-refractivity contribution >= 4 is 17.8 Å². The monoisotopic (exact) mass is 242 g/mol. The molecule has 0 radical (unpaired) electrons. The van der Waals surface area contributed by atoms with Gasteiger partial charge in [-0.2, -0.15) is 0 Å². The van der Waals surface area contributed by atoms with Gasteiger partial charge in [-0.3, -0.25) is 9.59 Å². The van der Waals surface area contributed by atoms with Gasteiger partial charge in [-0.25, -0.2) is 4.79 Å². The van der Waals surface area contributed by atoms with E-state index in [1.807, 2.05) is 0 Å². The van der Waals surface area contributed by atoms with E-state index in [-0.39, 0.29) is 23.6 Å². The molecule has 0 aromatic heterocycles. The van der Waals surface area contributed by atoms with Gasteiger partial charge in [0.15, 0.2) is 0 Å². The maximum atomic E-state index is 11.8. The van der Waals surface area contributed by atoms with Crippen LogP contribution in [0.3, 0.4) is 0 Å². The van der Waals surface area contributed by atoms with Gasteiger partial charge >= 0.3 is 5.97 Å². The van der Waals surface area contributed by atoms with Gasteiger partial charge in [0, 0.05) is 24.7 Å². The number of hydrogen-bond acceptors (Lipinski definition) is 3. The zero-order valence-corrected chi connectivity index (χ0v) is 10.5. The molecule has 0 atom stereocenters. The average molecular weight is 242 g/mol. The summed E-state index contributed by atoms with van der Waals surface area (Å²) in [5.41, 5.74) is 0.113. The van der Waals surface area contributed by atoms with Gasteiger partial charge in [0.1, 0.15) is 0 Å². The summed E-state index contributed by atoms with van der Waals surface area (Å²) in [6.45, 7) is 4.97. The summed E-state index contributed by atoms with van der Waals surface area (Å²) >= 11 is 0. The van der Waals surface area contributed by atoms with Crippen molar-refractivity contribution < 1.29 is 19.5 Å². The molecule has 0 aliphatic rings. The first-order valence-electron chi connectivity index (χ1n) is 5.24. The predicted molar refractivity (Wildman–Crippen MR) is 62.3 cm³/mol. The molecule has 0 spiro atoms. The number of carbonyl (C=O) groups is 3. The van der Waals surface area contributed by atoms with Crippen molar-refractivity contribution in [2.75, 3.05) is 20.1 Å². The second-order valence-corrected chi connectivity index (χ2v) is 3.67. The van der Waals surface area contributed by atoms with Gasteiger partial charge in [-0.05, 0) is 20.8 Å². The molecule has 6 heteroatoms. The van der Waals surface area contributed by atoms with E-state index in [1.54, 1.807) is 6.92 Å². The number of rotatable bonds is 5. The third-order valence-corrected chi connectivity index (χ3v) is 2.31. The molecule has 0 heterocycles. The SMILES string of the molecule is CCNC(=O)CN(C)C(=O)C(C)=C(C)C(=O)O. The first kappa shape index (κ1) is 15.2. The fraction of sp³-hybridized carbons (Fsp3) is 0.545. The fourth-order valence-corrected chi connectivity index (χ4v) is 1.15. The van der Waals surface area contributed by atoms with E-state index in [0.717, 1.165) is 0 Å². The molecule has 0 saturated heterocycles. The van der Waals surface area contributed by atoms with Crippen molar-refractivity contribution in [1.82, 2.24) is 10.2 Å². The highest BCUT2D eigenvalue weighted by Crippen LogP contribution is 2.06. The molecule has 96 valence electrons. The van der Waals surface area contributed by atoms with Crippen LogP contribution in [0.15, 0.2) is 11.1 Å². The molecule has 0 bridgehead atoms. The van der Waals surface area contributed by atoms with Gasteiger partial charge in [0.25, 0.3) is 0 Å². The van der Waals surface area contributed by atoms with Gasteiger partial charge < -0.3 is 15.3 Å². The lowest BCUT2D eigenvalue weighted by Gasteiger charge is -2.17. The van der Waals surface area contributed by atoms with Crippen molar-refractivity contribution in [3.63, 3.8) is 0 Å². The Morgan fingerprint density at radius 2 is 1.71 bits per heavy atom. The van der Waals surface area contributed by atoms with E-state index < -0.39 is 11.9 Å². The summed E-state index contributed by atoms with van der Waals surface area (Å²) < 4.78 is 0. The number of aliphatic carboxylic acids is 1. The second kappa shape index (κ2) is 6.67. The molecule has 0 rings (SSSR count). The third-order valence-electron chi connectivity index (χ3n) is 2.31. The first-order chi connectivity index (χ1) is 7.81. The number of carbonyl (C=O) groups excluding carboxylic acids is 2. The van der Waals surface area contributed by atoms with E-state index >= 15 is 0 Å². The maximum Gasteiger partial charge on any atom is 0.331 e. The van der Waals surface area contributed by atoms with Crippen LogP contribution in [-0.4, -0.2) is 47.9 Å². The van der Waals surface area contributed by atoms with Gasteiger partial charge in [-0.1, -0.05) is 0 Å². The third kappa shape index (κ3) is 4.67. The van der Waals surface area contributed by atoms with Crippen LogP contribution in [0.2, 0.25) is 0 Å². The molecule has 0 fully saturated rings. The molecule has 0 saturated carbocycles. The number of carboxylic acid groups (broad SMARTS) is 1. The first-order valence-corrected chi connectivity index (χ1v) is 5.24. The Labute approximate surface area is 100 Å². The van der Waals surface area contributed by atoms with E-state index in [9.17, 15) is 14.4 Å². The Hall–Kier alpha value is -1.85. The minimum Gasteiger partial charge on any atom is -0.478 e. The number of amides is 2. The van der Waals surface area contributed by atoms with E-state index in [0.29, 0.717) is 6.54 Å². The van der Waals surface area contributed by atoms with E-state index in [2.05, 4.69) is 5.32 Å². The van der Waals surface area contributed by atoms with Crippen LogP contribution in [-0.2, 0) is 14.4 Å². The van der Waals surface area contributed by atoms with Crippen LogP contribution in [0, 0.1) is 0 Å². The van der Waals surface area contributed by atoms with Crippen LogP contribution in [0.1, 0.15) is 20.8 Å². The lowest BCUT2D eigenvalue weighted by atomic mass is 10.1. The molecular formula is C11H18N2O4. The summed E-state index contributed by atoms with van der Waals surface area (Å²) in [6, 6.07) is 0. The van der Waals surface area contributed by atoms with Crippen LogP contribution >= 0.6 is 0 Å². The predicted octanol–water partition coefficient (Wildman–Crippen LogP) is 0.00190. The van der Waals surface area contributed by atoms with Crippen molar-refractivity contribution in [1.29, 1.82) is 0 Å². The topological polar surface area (TPSA) is 86.7 Å². The number of carboxylic acids is 1. The number of nitrogens with one attached hydrogen (secondary N) is 1. The normalized spacial score (nSPS) is 11.5. The molecule has 6 nitrogen and oxygen atoms in total. The summed E-state index contributed by atoms with van der Waals surface area (Å²) in [5, 5.41) is 11.3. The number of nitrogens with zero attached hydrogens (tertiary/aromatic N) is 1.